The zero-order chi connectivity index (χ0) is 16.9. The average Bonchev–Trinajstić information content (AvgIpc) is 2.60. The molecule has 0 atom stereocenters. The topological polar surface area (TPSA) is 37.8 Å². The third-order valence-corrected chi connectivity index (χ3v) is 4.78. The number of thioether (sulfide) groups is 1. The van der Waals surface area contributed by atoms with Gasteiger partial charge in [0.2, 0.25) is 0 Å². The van der Waals surface area contributed by atoms with Crippen LogP contribution < -0.4 is 5.32 Å². The van der Waals surface area contributed by atoms with Crippen molar-refractivity contribution in [2.24, 2.45) is 0 Å². The molecule has 0 aliphatic carbocycles. The van der Waals surface area contributed by atoms with Crippen molar-refractivity contribution in [1.29, 1.82) is 0 Å². The predicted molar refractivity (Wildman–Crippen MR) is 105 cm³/mol. The molecule has 0 amide bonds. The standard InChI is InChI=1S/C20H23N3S/c1-4-12-21-19-15-11-10-14(3)13-17(15)22-20(23-19)16-8-6-7-9-18(16)24-5-2/h6-11,13H,4-5,12H2,1-3H3,(H,21,22,23). The molecule has 1 N–H and O–H groups in total. The maximum atomic E-state index is 4.85. The number of anilines is 1. The molecule has 0 fully saturated rings. The highest BCUT2D eigenvalue weighted by atomic mass is 32.2. The summed E-state index contributed by atoms with van der Waals surface area (Å²) in [6.07, 6.45) is 1.06. The summed E-state index contributed by atoms with van der Waals surface area (Å²) in [7, 11) is 0. The van der Waals surface area contributed by atoms with Crippen LogP contribution in [-0.4, -0.2) is 22.3 Å². The average molecular weight is 337 g/mol. The Morgan fingerprint density at radius 3 is 2.67 bits per heavy atom. The lowest BCUT2D eigenvalue weighted by Gasteiger charge is -2.12. The van der Waals surface area contributed by atoms with Crippen LogP contribution in [-0.2, 0) is 0 Å². The highest BCUT2D eigenvalue weighted by Crippen LogP contribution is 2.32. The van der Waals surface area contributed by atoms with E-state index in [0.717, 1.165) is 46.8 Å². The molecule has 1 aromatic heterocycles. The fourth-order valence-electron chi connectivity index (χ4n) is 2.67. The number of nitrogens with zero attached hydrogens (tertiary/aromatic N) is 2. The van der Waals surface area contributed by atoms with Crippen molar-refractivity contribution >= 4 is 28.5 Å². The first-order valence-corrected chi connectivity index (χ1v) is 9.46. The molecule has 3 rings (SSSR count). The number of hydrogen-bond acceptors (Lipinski definition) is 4. The Morgan fingerprint density at radius 1 is 1.04 bits per heavy atom. The van der Waals surface area contributed by atoms with Gasteiger partial charge in [-0.1, -0.05) is 38.1 Å². The van der Waals surface area contributed by atoms with E-state index in [9.17, 15) is 0 Å². The highest BCUT2D eigenvalue weighted by Gasteiger charge is 2.12. The fraction of sp³-hybridized carbons (Fsp3) is 0.300. The van der Waals surface area contributed by atoms with E-state index in [2.05, 4.69) is 68.6 Å². The SMILES string of the molecule is CCCNc1nc(-c2ccccc2SCC)nc2cc(C)ccc12. The predicted octanol–water partition coefficient (Wildman–Crippen LogP) is 5.54. The molecule has 0 saturated carbocycles. The van der Waals surface area contributed by atoms with Gasteiger partial charge in [0.25, 0.3) is 0 Å². The fourth-order valence-corrected chi connectivity index (χ4v) is 3.47. The number of hydrogen-bond donors (Lipinski definition) is 1. The van der Waals surface area contributed by atoms with Gasteiger partial charge >= 0.3 is 0 Å². The van der Waals surface area contributed by atoms with Crippen molar-refractivity contribution in [3.05, 3.63) is 48.0 Å². The first kappa shape index (κ1) is 16.8. The summed E-state index contributed by atoms with van der Waals surface area (Å²) < 4.78 is 0. The summed E-state index contributed by atoms with van der Waals surface area (Å²) in [5, 5.41) is 4.54. The quantitative estimate of drug-likeness (QED) is 0.599. The lowest BCUT2D eigenvalue weighted by molar-refractivity contribution is 0.970. The Bertz CT molecular complexity index is 845. The third-order valence-electron chi connectivity index (χ3n) is 3.82. The summed E-state index contributed by atoms with van der Waals surface area (Å²) >= 11 is 1.83. The monoisotopic (exact) mass is 337 g/mol. The number of rotatable bonds is 6. The summed E-state index contributed by atoms with van der Waals surface area (Å²) in [5.74, 6) is 2.75. The number of nitrogens with one attached hydrogen (secondary N) is 1. The van der Waals surface area contributed by atoms with Gasteiger partial charge in [0.1, 0.15) is 5.82 Å². The van der Waals surface area contributed by atoms with E-state index in [-0.39, 0.29) is 0 Å². The molecule has 0 aliphatic rings. The smallest absolute Gasteiger partial charge is 0.163 e. The van der Waals surface area contributed by atoms with Crippen molar-refractivity contribution in [2.75, 3.05) is 17.6 Å². The zero-order valence-corrected chi connectivity index (χ0v) is 15.3. The first-order valence-electron chi connectivity index (χ1n) is 8.47. The summed E-state index contributed by atoms with van der Waals surface area (Å²) in [6.45, 7) is 7.33. The molecule has 24 heavy (non-hydrogen) atoms. The molecule has 4 heteroatoms. The van der Waals surface area contributed by atoms with E-state index < -0.39 is 0 Å². The lowest BCUT2D eigenvalue weighted by atomic mass is 10.1. The minimum absolute atomic E-state index is 0.795. The van der Waals surface area contributed by atoms with Crippen molar-refractivity contribution < 1.29 is 0 Å². The maximum Gasteiger partial charge on any atom is 0.163 e. The van der Waals surface area contributed by atoms with E-state index in [0.29, 0.717) is 0 Å². The van der Waals surface area contributed by atoms with Crippen LogP contribution in [0.3, 0.4) is 0 Å². The molecule has 0 unspecified atom stereocenters. The molecule has 0 spiro atoms. The Kier molecular flexibility index (Phi) is 5.36. The van der Waals surface area contributed by atoms with E-state index >= 15 is 0 Å². The van der Waals surface area contributed by atoms with Gasteiger partial charge in [-0.15, -0.1) is 11.8 Å². The molecule has 3 aromatic rings. The number of fused-ring (bicyclic) bond motifs is 1. The van der Waals surface area contributed by atoms with Gasteiger partial charge in [0.05, 0.1) is 5.52 Å². The van der Waals surface area contributed by atoms with Gasteiger partial charge in [-0.2, -0.15) is 0 Å². The zero-order valence-electron chi connectivity index (χ0n) is 14.5. The Hall–Kier alpha value is -2.07. The van der Waals surface area contributed by atoms with Crippen molar-refractivity contribution in [2.45, 2.75) is 32.1 Å². The number of aromatic nitrogens is 2. The Balaban J connectivity index is 2.18. The van der Waals surface area contributed by atoms with E-state index in [1.807, 2.05) is 11.8 Å². The van der Waals surface area contributed by atoms with Crippen LogP contribution in [0, 0.1) is 6.92 Å². The molecule has 3 nitrogen and oxygen atoms in total. The molecule has 0 bridgehead atoms. The van der Waals surface area contributed by atoms with E-state index in [1.54, 1.807) is 0 Å². The van der Waals surface area contributed by atoms with Crippen molar-refractivity contribution in [3.63, 3.8) is 0 Å². The third kappa shape index (κ3) is 3.54. The molecular formula is C20H23N3S. The highest BCUT2D eigenvalue weighted by molar-refractivity contribution is 7.99. The minimum atomic E-state index is 0.795. The molecule has 0 radical (unpaired) electrons. The maximum absolute atomic E-state index is 4.85. The number of benzene rings is 2. The van der Waals surface area contributed by atoms with Gasteiger partial charge in [-0.25, -0.2) is 9.97 Å². The van der Waals surface area contributed by atoms with Crippen molar-refractivity contribution in [1.82, 2.24) is 9.97 Å². The lowest BCUT2D eigenvalue weighted by Crippen LogP contribution is -2.05. The normalized spacial score (nSPS) is 11.0. The van der Waals surface area contributed by atoms with Crippen LogP contribution in [0.1, 0.15) is 25.8 Å². The van der Waals surface area contributed by atoms with Crippen LogP contribution in [0.4, 0.5) is 5.82 Å². The van der Waals surface area contributed by atoms with Gasteiger partial charge in [-0.3, -0.25) is 0 Å². The van der Waals surface area contributed by atoms with Crippen LogP contribution in [0.5, 0.6) is 0 Å². The summed E-state index contributed by atoms with van der Waals surface area (Å²) in [6, 6.07) is 14.7. The second-order valence-corrected chi connectivity index (χ2v) is 7.08. The van der Waals surface area contributed by atoms with Crippen LogP contribution >= 0.6 is 11.8 Å². The Labute approximate surface area is 147 Å². The summed E-state index contributed by atoms with van der Waals surface area (Å²) in [5.41, 5.74) is 3.31. The van der Waals surface area contributed by atoms with E-state index in [4.69, 9.17) is 9.97 Å². The molecule has 124 valence electrons. The van der Waals surface area contributed by atoms with Gasteiger partial charge in [0.15, 0.2) is 5.82 Å². The van der Waals surface area contributed by atoms with Gasteiger partial charge in [-0.05, 0) is 42.9 Å². The Morgan fingerprint density at radius 2 is 1.88 bits per heavy atom. The van der Waals surface area contributed by atoms with Crippen LogP contribution in [0.15, 0.2) is 47.4 Å². The first-order chi connectivity index (χ1) is 11.7. The second-order valence-electron chi connectivity index (χ2n) is 5.77. The molecular weight excluding hydrogens is 314 g/mol. The van der Waals surface area contributed by atoms with Crippen molar-refractivity contribution in [3.8, 4) is 11.4 Å². The number of aryl methyl sites for hydroxylation is 1. The minimum Gasteiger partial charge on any atom is -0.369 e. The van der Waals surface area contributed by atoms with Gasteiger partial charge in [0, 0.05) is 22.4 Å². The largest absolute Gasteiger partial charge is 0.369 e. The molecule has 2 aromatic carbocycles. The van der Waals surface area contributed by atoms with E-state index in [1.165, 1.54) is 10.5 Å². The molecule has 0 aliphatic heterocycles. The van der Waals surface area contributed by atoms with Crippen LogP contribution in [0.2, 0.25) is 0 Å². The second kappa shape index (κ2) is 7.67. The molecule has 1 heterocycles. The molecule has 0 saturated heterocycles. The summed E-state index contributed by atoms with van der Waals surface area (Å²) in [4.78, 5) is 10.9. The van der Waals surface area contributed by atoms with Crippen LogP contribution in [0.25, 0.3) is 22.3 Å². The van der Waals surface area contributed by atoms with Gasteiger partial charge < -0.3 is 5.32 Å².